The van der Waals surface area contributed by atoms with E-state index in [1.807, 2.05) is 66.7 Å². The normalized spacial score (nSPS) is 15.5. The van der Waals surface area contributed by atoms with Gasteiger partial charge in [-0.3, -0.25) is 9.59 Å². The van der Waals surface area contributed by atoms with Gasteiger partial charge in [0.25, 0.3) is 5.91 Å². The molecule has 1 heterocycles. The number of thioether (sulfide) groups is 1. The van der Waals surface area contributed by atoms with E-state index in [1.54, 1.807) is 24.3 Å². The molecular formula is C26H18ClNO2S2. The highest BCUT2D eigenvalue weighted by Crippen LogP contribution is 2.35. The first-order chi connectivity index (χ1) is 15.5. The molecule has 0 radical (unpaired) electrons. The predicted octanol–water partition coefficient (Wildman–Crippen LogP) is 6.56. The van der Waals surface area contributed by atoms with Gasteiger partial charge < -0.3 is 5.32 Å². The van der Waals surface area contributed by atoms with Crippen LogP contribution < -0.4 is 5.32 Å². The molecule has 6 heteroatoms. The lowest BCUT2D eigenvalue weighted by molar-refractivity contribution is -0.115. The summed E-state index contributed by atoms with van der Waals surface area (Å²) in [6.45, 7) is 0. The molecule has 1 N–H and O–H groups in total. The molecule has 3 nitrogen and oxygen atoms in total. The third-order valence-electron chi connectivity index (χ3n) is 4.93. The molecule has 1 fully saturated rings. The maximum absolute atomic E-state index is 13.1. The molecule has 1 aliphatic rings. The number of halogens is 1. The SMILES string of the molecule is O=C1NC(=S)S/C1=C(\C=C(\CC(=O)c1ccccc1)c1ccc(Cl)cc1)c1ccccc1. The van der Waals surface area contributed by atoms with Crippen molar-refractivity contribution in [3.8, 4) is 0 Å². The number of allylic oxidation sites excluding steroid dienone is 3. The first-order valence-electron chi connectivity index (χ1n) is 9.89. The number of hydrogen-bond acceptors (Lipinski definition) is 4. The van der Waals surface area contributed by atoms with E-state index >= 15 is 0 Å². The molecule has 0 unspecified atom stereocenters. The van der Waals surface area contributed by atoms with Gasteiger partial charge in [0.1, 0.15) is 4.32 Å². The van der Waals surface area contributed by atoms with Gasteiger partial charge in [0.05, 0.1) is 4.91 Å². The number of amides is 1. The van der Waals surface area contributed by atoms with E-state index in [2.05, 4.69) is 5.32 Å². The first kappa shape index (κ1) is 22.2. The highest BCUT2D eigenvalue weighted by Gasteiger charge is 2.26. The van der Waals surface area contributed by atoms with Crippen LogP contribution in [0.1, 0.15) is 27.9 Å². The quantitative estimate of drug-likeness (QED) is 0.249. The zero-order valence-corrected chi connectivity index (χ0v) is 19.3. The van der Waals surface area contributed by atoms with Gasteiger partial charge in [-0.25, -0.2) is 0 Å². The van der Waals surface area contributed by atoms with Crippen LogP contribution in [0.4, 0.5) is 0 Å². The van der Waals surface area contributed by atoms with E-state index in [-0.39, 0.29) is 18.1 Å². The van der Waals surface area contributed by atoms with Gasteiger partial charge in [-0.05, 0) is 34.9 Å². The topological polar surface area (TPSA) is 46.2 Å². The number of thiocarbonyl (C=S) groups is 1. The third-order valence-corrected chi connectivity index (χ3v) is 6.43. The van der Waals surface area contributed by atoms with Gasteiger partial charge in [0.2, 0.25) is 0 Å². The van der Waals surface area contributed by atoms with Crippen molar-refractivity contribution in [2.24, 2.45) is 0 Å². The number of benzene rings is 3. The van der Waals surface area contributed by atoms with Gasteiger partial charge in [-0.2, -0.15) is 0 Å². The average Bonchev–Trinajstić information content (AvgIpc) is 3.15. The number of rotatable bonds is 6. The van der Waals surface area contributed by atoms with Gasteiger partial charge >= 0.3 is 0 Å². The summed E-state index contributed by atoms with van der Waals surface area (Å²) >= 11 is 12.5. The number of ketones is 1. The minimum Gasteiger partial charge on any atom is -0.307 e. The summed E-state index contributed by atoms with van der Waals surface area (Å²) in [5.41, 5.74) is 3.87. The lowest BCUT2D eigenvalue weighted by Crippen LogP contribution is -2.18. The van der Waals surface area contributed by atoms with Gasteiger partial charge in [-0.1, -0.05) is 108 Å². The minimum atomic E-state index is -0.236. The second-order valence-electron chi connectivity index (χ2n) is 7.09. The summed E-state index contributed by atoms with van der Waals surface area (Å²) < 4.78 is 0.417. The van der Waals surface area contributed by atoms with Crippen LogP contribution in [0.5, 0.6) is 0 Å². The Balaban J connectivity index is 1.85. The zero-order chi connectivity index (χ0) is 22.5. The van der Waals surface area contributed by atoms with Crippen LogP contribution in [0.15, 0.2) is 95.9 Å². The molecule has 1 aliphatic heterocycles. The summed E-state index contributed by atoms with van der Waals surface area (Å²) in [6.07, 6.45) is 2.08. The molecule has 3 aromatic rings. The second-order valence-corrected chi connectivity index (χ2v) is 9.22. The average molecular weight is 476 g/mol. The Hall–Kier alpha value is -2.99. The van der Waals surface area contributed by atoms with E-state index < -0.39 is 0 Å². The first-order valence-corrected chi connectivity index (χ1v) is 11.5. The Morgan fingerprint density at radius 1 is 0.875 bits per heavy atom. The number of hydrogen-bond donors (Lipinski definition) is 1. The van der Waals surface area contributed by atoms with Crippen molar-refractivity contribution >= 4 is 62.7 Å². The predicted molar refractivity (Wildman–Crippen MR) is 137 cm³/mol. The Morgan fingerprint density at radius 2 is 1.47 bits per heavy atom. The third kappa shape index (κ3) is 5.25. The Bertz CT molecular complexity index is 1230. The molecule has 32 heavy (non-hydrogen) atoms. The summed E-state index contributed by atoms with van der Waals surface area (Å²) in [5, 5.41) is 3.30. The molecule has 1 amide bonds. The van der Waals surface area contributed by atoms with Gasteiger partial charge in [-0.15, -0.1) is 0 Å². The molecule has 0 atom stereocenters. The number of carbonyl (C=O) groups is 2. The largest absolute Gasteiger partial charge is 0.307 e. The van der Waals surface area contributed by atoms with Gasteiger partial charge in [0.15, 0.2) is 5.78 Å². The maximum Gasteiger partial charge on any atom is 0.264 e. The van der Waals surface area contributed by atoms with Crippen molar-refractivity contribution in [3.05, 3.63) is 118 Å². The molecule has 0 spiro atoms. The van der Waals surface area contributed by atoms with Crippen molar-refractivity contribution in [2.45, 2.75) is 6.42 Å². The molecular weight excluding hydrogens is 458 g/mol. The summed E-state index contributed by atoms with van der Waals surface area (Å²) in [7, 11) is 0. The van der Waals surface area contributed by atoms with Crippen molar-refractivity contribution < 1.29 is 9.59 Å². The minimum absolute atomic E-state index is 0.0109. The van der Waals surface area contributed by atoms with Crippen molar-refractivity contribution in [1.82, 2.24) is 5.32 Å². The Kier molecular flexibility index (Phi) is 7.00. The molecule has 0 saturated carbocycles. The Morgan fingerprint density at radius 3 is 2.03 bits per heavy atom. The lowest BCUT2D eigenvalue weighted by atomic mass is 9.93. The number of Topliss-reactive ketones (excluding diaryl/α,β-unsaturated/α-hetero) is 1. The summed E-state index contributed by atoms with van der Waals surface area (Å²) in [4.78, 5) is 26.2. The second kappa shape index (κ2) is 10.1. The molecule has 0 bridgehead atoms. The summed E-state index contributed by atoms with van der Waals surface area (Å²) in [5.74, 6) is -0.247. The fraction of sp³-hybridized carbons (Fsp3) is 0.0385. The fourth-order valence-electron chi connectivity index (χ4n) is 3.36. The van der Waals surface area contributed by atoms with E-state index in [0.717, 1.165) is 22.3 Å². The molecule has 1 saturated heterocycles. The highest BCUT2D eigenvalue weighted by atomic mass is 35.5. The molecule has 0 aliphatic carbocycles. The van der Waals surface area contributed by atoms with Crippen molar-refractivity contribution in [2.75, 3.05) is 0 Å². The highest BCUT2D eigenvalue weighted by molar-refractivity contribution is 8.26. The van der Waals surface area contributed by atoms with Gasteiger partial charge in [0, 0.05) is 22.6 Å². The van der Waals surface area contributed by atoms with Crippen LogP contribution in [0.3, 0.4) is 0 Å². The van der Waals surface area contributed by atoms with E-state index in [0.29, 0.717) is 19.8 Å². The molecule has 0 aromatic heterocycles. The molecule has 4 rings (SSSR count). The monoisotopic (exact) mass is 475 g/mol. The number of nitrogens with one attached hydrogen (secondary N) is 1. The van der Waals surface area contributed by atoms with Crippen molar-refractivity contribution in [3.63, 3.8) is 0 Å². The van der Waals surface area contributed by atoms with E-state index in [9.17, 15) is 9.59 Å². The lowest BCUT2D eigenvalue weighted by Gasteiger charge is -2.12. The number of carbonyl (C=O) groups excluding carboxylic acids is 2. The van der Waals surface area contributed by atoms with E-state index in [1.165, 1.54) is 11.8 Å². The van der Waals surface area contributed by atoms with Crippen LogP contribution in [0.25, 0.3) is 11.1 Å². The van der Waals surface area contributed by atoms with Crippen LogP contribution >= 0.6 is 35.6 Å². The molecule has 158 valence electrons. The maximum atomic E-state index is 13.1. The standard InChI is InChI=1S/C26H18ClNO2S2/c27-21-13-11-17(12-14-21)20(16-23(29)19-9-5-2-6-10-19)15-22(18-7-3-1-4-8-18)24-25(30)28-26(31)32-24/h1-15H,16H2,(H,28,30,31)/b20-15-,24-22+. The Labute approximate surface area is 201 Å². The van der Waals surface area contributed by atoms with Crippen LogP contribution in [0.2, 0.25) is 5.02 Å². The van der Waals surface area contributed by atoms with Crippen molar-refractivity contribution in [1.29, 1.82) is 0 Å². The summed E-state index contributed by atoms with van der Waals surface area (Å²) in [6, 6.07) is 26.1. The van der Waals surface area contributed by atoms with Crippen LogP contribution in [-0.2, 0) is 4.79 Å². The zero-order valence-electron chi connectivity index (χ0n) is 16.9. The van der Waals surface area contributed by atoms with E-state index in [4.69, 9.17) is 23.8 Å². The van der Waals surface area contributed by atoms with Crippen LogP contribution in [0, 0.1) is 0 Å². The molecule has 3 aromatic carbocycles. The fourth-order valence-corrected chi connectivity index (χ4v) is 4.59. The smallest absolute Gasteiger partial charge is 0.264 e. The van der Waals surface area contributed by atoms with Crippen LogP contribution in [-0.4, -0.2) is 16.0 Å².